The third-order valence-electron chi connectivity index (χ3n) is 2.98. The summed E-state index contributed by atoms with van der Waals surface area (Å²) in [5.41, 5.74) is 6.33. The standard InChI is InChI=1S/C14H21BrN2O2S/c1-6-7-17(14(3,4)5)20(18,19)13-9-11(15)8-12(16)10(13)2/h6,8-9H,1,7,16H2,2-5H3. The van der Waals surface area contributed by atoms with Gasteiger partial charge in [-0.05, 0) is 45.4 Å². The van der Waals surface area contributed by atoms with Crippen molar-refractivity contribution in [2.45, 2.75) is 38.1 Å². The summed E-state index contributed by atoms with van der Waals surface area (Å²) in [6.07, 6.45) is 1.58. The van der Waals surface area contributed by atoms with Crippen LogP contribution < -0.4 is 5.73 Å². The molecular formula is C14H21BrN2O2S. The van der Waals surface area contributed by atoms with Gasteiger partial charge in [-0.3, -0.25) is 0 Å². The van der Waals surface area contributed by atoms with Gasteiger partial charge in [0.05, 0.1) is 4.90 Å². The van der Waals surface area contributed by atoms with E-state index in [0.29, 0.717) is 15.7 Å². The summed E-state index contributed by atoms with van der Waals surface area (Å²) in [7, 11) is -3.64. The molecule has 0 fully saturated rings. The van der Waals surface area contributed by atoms with E-state index >= 15 is 0 Å². The highest BCUT2D eigenvalue weighted by Gasteiger charge is 2.34. The van der Waals surface area contributed by atoms with Crippen LogP contribution in [-0.4, -0.2) is 24.8 Å². The zero-order valence-electron chi connectivity index (χ0n) is 12.3. The van der Waals surface area contributed by atoms with Crippen LogP contribution in [-0.2, 0) is 10.0 Å². The van der Waals surface area contributed by atoms with Crippen molar-refractivity contribution < 1.29 is 8.42 Å². The second-order valence-electron chi connectivity index (χ2n) is 5.61. The number of hydrogen-bond acceptors (Lipinski definition) is 3. The van der Waals surface area contributed by atoms with E-state index in [-0.39, 0.29) is 11.4 Å². The van der Waals surface area contributed by atoms with Crippen molar-refractivity contribution in [3.63, 3.8) is 0 Å². The molecule has 0 spiro atoms. The first-order valence-electron chi connectivity index (χ1n) is 6.21. The fraction of sp³-hybridized carbons (Fsp3) is 0.429. The third kappa shape index (κ3) is 3.42. The lowest BCUT2D eigenvalue weighted by molar-refractivity contribution is 0.269. The van der Waals surface area contributed by atoms with E-state index in [1.807, 2.05) is 20.8 Å². The number of hydrogen-bond donors (Lipinski definition) is 1. The lowest BCUT2D eigenvalue weighted by Gasteiger charge is -2.34. The Morgan fingerprint density at radius 2 is 1.95 bits per heavy atom. The highest BCUT2D eigenvalue weighted by molar-refractivity contribution is 9.10. The van der Waals surface area contributed by atoms with Gasteiger partial charge in [-0.25, -0.2) is 8.42 Å². The summed E-state index contributed by atoms with van der Waals surface area (Å²) < 4.78 is 27.9. The van der Waals surface area contributed by atoms with Crippen molar-refractivity contribution in [1.82, 2.24) is 4.31 Å². The van der Waals surface area contributed by atoms with Crippen LogP contribution in [0.4, 0.5) is 5.69 Å². The van der Waals surface area contributed by atoms with E-state index in [2.05, 4.69) is 22.5 Å². The Labute approximate surface area is 129 Å². The minimum Gasteiger partial charge on any atom is -0.398 e. The van der Waals surface area contributed by atoms with E-state index in [4.69, 9.17) is 5.73 Å². The summed E-state index contributed by atoms with van der Waals surface area (Å²) in [5.74, 6) is 0. The largest absolute Gasteiger partial charge is 0.398 e. The average Bonchev–Trinajstić information content (AvgIpc) is 2.28. The van der Waals surface area contributed by atoms with Crippen molar-refractivity contribution in [2.24, 2.45) is 0 Å². The molecule has 0 unspecified atom stereocenters. The molecule has 0 aromatic heterocycles. The highest BCUT2D eigenvalue weighted by atomic mass is 79.9. The number of nitrogens with zero attached hydrogens (tertiary/aromatic N) is 1. The molecule has 0 bridgehead atoms. The fourth-order valence-corrected chi connectivity index (χ4v) is 4.58. The van der Waals surface area contributed by atoms with E-state index in [9.17, 15) is 8.42 Å². The number of nitrogen functional groups attached to an aromatic ring is 1. The van der Waals surface area contributed by atoms with Gasteiger partial charge in [-0.2, -0.15) is 4.31 Å². The first-order valence-corrected chi connectivity index (χ1v) is 8.44. The molecule has 0 heterocycles. The lowest BCUT2D eigenvalue weighted by Crippen LogP contribution is -2.45. The summed E-state index contributed by atoms with van der Waals surface area (Å²) in [6.45, 7) is 11.2. The topological polar surface area (TPSA) is 63.4 Å². The van der Waals surface area contributed by atoms with Crippen LogP contribution in [0, 0.1) is 6.92 Å². The predicted molar refractivity (Wildman–Crippen MR) is 87.1 cm³/mol. The number of halogens is 1. The molecule has 0 radical (unpaired) electrons. The summed E-state index contributed by atoms with van der Waals surface area (Å²) in [5, 5.41) is 0. The number of anilines is 1. The zero-order chi connectivity index (χ0) is 15.7. The summed E-state index contributed by atoms with van der Waals surface area (Å²) in [4.78, 5) is 0.223. The first kappa shape index (κ1) is 17.2. The van der Waals surface area contributed by atoms with E-state index in [0.717, 1.165) is 0 Å². The molecule has 20 heavy (non-hydrogen) atoms. The second kappa shape index (κ2) is 5.87. The van der Waals surface area contributed by atoms with Crippen LogP contribution in [0.15, 0.2) is 34.2 Å². The van der Waals surface area contributed by atoms with Gasteiger partial charge in [0.25, 0.3) is 0 Å². The van der Waals surface area contributed by atoms with Crippen LogP contribution in [0.5, 0.6) is 0 Å². The number of sulfonamides is 1. The summed E-state index contributed by atoms with van der Waals surface area (Å²) >= 11 is 3.30. The van der Waals surface area contributed by atoms with Gasteiger partial charge in [0, 0.05) is 22.2 Å². The van der Waals surface area contributed by atoms with E-state index < -0.39 is 15.6 Å². The first-order chi connectivity index (χ1) is 9.01. The maximum Gasteiger partial charge on any atom is 0.244 e. The second-order valence-corrected chi connectivity index (χ2v) is 8.36. The average molecular weight is 361 g/mol. The molecule has 0 saturated carbocycles. The van der Waals surface area contributed by atoms with Gasteiger partial charge in [-0.1, -0.05) is 22.0 Å². The van der Waals surface area contributed by atoms with Crippen LogP contribution in [0.3, 0.4) is 0 Å². The summed E-state index contributed by atoms with van der Waals surface area (Å²) in [6, 6.07) is 3.28. The molecule has 112 valence electrons. The molecule has 1 rings (SSSR count). The molecule has 6 heteroatoms. The van der Waals surface area contributed by atoms with Crippen molar-refractivity contribution in [3.8, 4) is 0 Å². The smallest absolute Gasteiger partial charge is 0.244 e. The Morgan fingerprint density at radius 3 is 2.40 bits per heavy atom. The zero-order valence-corrected chi connectivity index (χ0v) is 14.7. The van der Waals surface area contributed by atoms with E-state index in [1.165, 1.54) is 4.31 Å². The van der Waals surface area contributed by atoms with Crippen molar-refractivity contribution in [1.29, 1.82) is 0 Å². The third-order valence-corrected chi connectivity index (χ3v) is 5.69. The predicted octanol–water partition coefficient (Wildman–Crippen LogP) is 3.31. The van der Waals surface area contributed by atoms with Crippen LogP contribution in [0.2, 0.25) is 0 Å². The SMILES string of the molecule is C=CCN(C(C)(C)C)S(=O)(=O)c1cc(Br)cc(N)c1C. The fourth-order valence-electron chi connectivity index (χ4n) is 1.91. The molecule has 4 nitrogen and oxygen atoms in total. The van der Waals surface area contributed by atoms with Crippen molar-refractivity contribution >= 4 is 31.6 Å². The van der Waals surface area contributed by atoms with Gasteiger partial charge in [-0.15, -0.1) is 6.58 Å². The molecule has 0 aliphatic heterocycles. The van der Waals surface area contributed by atoms with Gasteiger partial charge in [0.15, 0.2) is 0 Å². The highest BCUT2D eigenvalue weighted by Crippen LogP contribution is 2.31. The van der Waals surface area contributed by atoms with Crippen LogP contribution in [0.1, 0.15) is 26.3 Å². The number of rotatable bonds is 4. The maximum atomic E-state index is 12.9. The molecule has 1 aromatic rings. The quantitative estimate of drug-likeness (QED) is 0.661. The molecule has 0 aliphatic rings. The molecular weight excluding hydrogens is 340 g/mol. The maximum absolute atomic E-state index is 12.9. The Bertz CT molecular complexity index is 619. The normalized spacial score (nSPS) is 12.7. The van der Waals surface area contributed by atoms with Gasteiger partial charge in [0.2, 0.25) is 10.0 Å². The van der Waals surface area contributed by atoms with Crippen LogP contribution >= 0.6 is 15.9 Å². The van der Waals surface area contributed by atoms with Gasteiger partial charge in [0.1, 0.15) is 0 Å². The van der Waals surface area contributed by atoms with Crippen molar-refractivity contribution in [3.05, 3.63) is 34.8 Å². The Kier molecular flexibility index (Phi) is 5.05. The van der Waals surface area contributed by atoms with Crippen molar-refractivity contribution in [2.75, 3.05) is 12.3 Å². The molecule has 0 atom stereocenters. The Balaban J connectivity index is 3.53. The Morgan fingerprint density at radius 1 is 1.40 bits per heavy atom. The minimum atomic E-state index is -3.64. The van der Waals surface area contributed by atoms with Gasteiger partial charge >= 0.3 is 0 Å². The molecule has 0 aliphatic carbocycles. The molecule has 1 aromatic carbocycles. The number of benzene rings is 1. The minimum absolute atomic E-state index is 0.223. The van der Waals surface area contributed by atoms with Gasteiger partial charge < -0.3 is 5.73 Å². The lowest BCUT2D eigenvalue weighted by atomic mass is 10.1. The Hall–Kier alpha value is -0.850. The number of nitrogens with two attached hydrogens (primary N) is 1. The van der Waals surface area contributed by atoms with Crippen LogP contribution in [0.25, 0.3) is 0 Å². The molecule has 2 N–H and O–H groups in total. The molecule has 0 saturated heterocycles. The molecule has 0 amide bonds. The van der Waals surface area contributed by atoms with E-state index in [1.54, 1.807) is 25.1 Å². The monoisotopic (exact) mass is 360 g/mol.